The first-order chi connectivity index (χ1) is 8.94. The number of hydrogen-bond donors (Lipinski definition) is 1. The number of ether oxygens (including phenoxy) is 1. The smallest absolute Gasteiger partial charge is 0.307 e. The number of aliphatic carboxylic acids is 1. The number of carbonyl (C=O) groups is 1. The second-order valence-electron chi connectivity index (χ2n) is 5.75. The standard InChI is InChI=1S/C16H20O3/c1-16(2)10-12(6-9-14(16)15(17)18)11-4-7-13(19-3)8-5-11/h4-8,14H,9-10H2,1-3H3,(H,17,18)/t14-/m0/s1. The maximum atomic E-state index is 11.3. The van der Waals surface area contributed by atoms with Crippen LogP contribution in [0.25, 0.3) is 5.57 Å². The lowest BCUT2D eigenvalue weighted by atomic mass is 9.68. The highest BCUT2D eigenvalue weighted by Gasteiger charge is 2.37. The highest BCUT2D eigenvalue weighted by atomic mass is 16.5. The summed E-state index contributed by atoms with van der Waals surface area (Å²) >= 11 is 0. The van der Waals surface area contributed by atoms with Crippen LogP contribution < -0.4 is 4.74 Å². The van der Waals surface area contributed by atoms with Crippen LogP contribution in [0.2, 0.25) is 0 Å². The lowest BCUT2D eigenvalue weighted by Gasteiger charge is -2.35. The summed E-state index contributed by atoms with van der Waals surface area (Å²) in [6, 6.07) is 7.93. The minimum absolute atomic E-state index is 0.212. The zero-order valence-corrected chi connectivity index (χ0v) is 11.6. The van der Waals surface area contributed by atoms with Gasteiger partial charge in [-0.2, -0.15) is 0 Å². The summed E-state index contributed by atoms with van der Waals surface area (Å²) in [6.07, 6.45) is 3.45. The van der Waals surface area contributed by atoms with Gasteiger partial charge in [-0.3, -0.25) is 4.79 Å². The Kier molecular flexibility index (Phi) is 3.65. The van der Waals surface area contributed by atoms with E-state index in [0.717, 1.165) is 17.7 Å². The van der Waals surface area contributed by atoms with E-state index in [0.29, 0.717) is 6.42 Å². The summed E-state index contributed by atoms with van der Waals surface area (Å²) in [5.41, 5.74) is 2.17. The van der Waals surface area contributed by atoms with Gasteiger partial charge < -0.3 is 9.84 Å². The molecule has 0 fully saturated rings. The van der Waals surface area contributed by atoms with Crippen molar-refractivity contribution in [3.05, 3.63) is 35.9 Å². The van der Waals surface area contributed by atoms with Crippen molar-refractivity contribution < 1.29 is 14.6 Å². The van der Waals surface area contributed by atoms with Crippen molar-refractivity contribution in [3.8, 4) is 5.75 Å². The number of rotatable bonds is 3. The topological polar surface area (TPSA) is 46.5 Å². The van der Waals surface area contributed by atoms with E-state index in [1.54, 1.807) is 7.11 Å². The Hall–Kier alpha value is -1.77. The van der Waals surface area contributed by atoms with Crippen LogP contribution in [0.1, 0.15) is 32.3 Å². The molecule has 0 amide bonds. The van der Waals surface area contributed by atoms with Crippen LogP contribution in [0, 0.1) is 11.3 Å². The van der Waals surface area contributed by atoms with E-state index in [-0.39, 0.29) is 11.3 Å². The van der Waals surface area contributed by atoms with Crippen LogP contribution in [0.3, 0.4) is 0 Å². The Morgan fingerprint density at radius 1 is 1.32 bits per heavy atom. The van der Waals surface area contributed by atoms with Gasteiger partial charge >= 0.3 is 5.97 Å². The summed E-state index contributed by atoms with van der Waals surface area (Å²) in [4.78, 5) is 11.3. The first-order valence-corrected chi connectivity index (χ1v) is 6.50. The summed E-state index contributed by atoms with van der Waals surface area (Å²) in [5, 5.41) is 9.25. The minimum atomic E-state index is -0.699. The molecule has 0 saturated heterocycles. The maximum absolute atomic E-state index is 11.3. The van der Waals surface area contributed by atoms with Gasteiger partial charge in [0, 0.05) is 0 Å². The van der Waals surface area contributed by atoms with Gasteiger partial charge in [0.15, 0.2) is 0 Å². The number of methoxy groups -OCH3 is 1. The fourth-order valence-electron chi connectivity index (χ4n) is 2.73. The number of hydrogen-bond acceptors (Lipinski definition) is 2. The molecule has 0 radical (unpaired) electrons. The van der Waals surface area contributed by atoms with Gasteiger partial charge in [-0.15, -0.1) is 0 Å². The van der Waals surface area contributed by atoms with Gasteiger partial charge in [0.1, 0.15) is 5.75 Å². The molecule has 3 nitrogen and oxygen atoms in total. The number of allylic oxidation sites excluding steroid dienone is 2. The van der Waals surface area contributed by atoms with Crippen molar-refractivity contribution in [1.82, 2.24) is 0 Å². The van der Waals surface area contributed by atoms with Crippen molar-refractivity contribution in [2.24, 2.45) is 11.3 Å². The minimum Gasteiger partial charge on any atom is -0.497 e. The molecule has 1 aliphatic rings. The molecule has 1 atom stereocenters. The fourth-order valence-corrected chi connectivity index (χ4v) is 2.73. The molecule has 3 heteroatoms. The van der Waals surface area contributed by atoms with Gasteiger partial charge in [-0.05, 0) is 41.5 Å². The van der Waals surface area contributed by atoms with Crippen LogP contribution in [-0.4, -0.2) is 18.2 Å². The fraction of sp³-hybridized carbons (Fsp3) is 0.438. The van der Waals surface area contributed by atoms with Gasteiger partial charge in [0.25, 0.3) is 0 Å². The Bertz CT molecular complexity index is 497. The molecule has 0 spiro atoms. The predicted octanol–water partition coefficient (Wildman–Crippen LogP) is 3.60. The zero-order chi connectivity index (χ0) is 14.0. The molecule has 0 heterocycles. The molecule has 1 aromatic rings. The van der Waals surface area contributed by atoms with Gasteiger partial charge in [-0.1, -0.05) is 32.1 Å². The molecule has 19 heavy (non-hydrogen) atoms. The molecular formula is C16H20O3. The van der Waals surface area contributed by atoms with Crippen molar-refractivity contribution in [3.63, 3.8) is 0 Å². The lowest BCUT2D eigenvalue weighted by molar-refractivity contribution is -0.145. The number of benzene rings is 1. The number of carboxylic acid groups (broad SMARTS) is 1. The number of carboxylic acids is 1. The van der Waals surface area contributed by atoms with E-state index in [2.05, 4.69) is 6.08 Å². The Labute approximate surface area is 113 Å². The summed E-state index contributed by atoms with van der Waals surface area (Å²) in [7, 11) is 1.65. The highest BCUT2D eigenvalue weighted by Crippen LogP contribution is 2.43. The van der Waals surface area contributed by atoms with E-state index >= 15 is 0 Å². The van der Waals surface area contributed by atoms with Crippen LogP contribution in [0.15, 0.2) is 30.3 Å². The molecule has 1 aliphatic carbocycles. The first kappa shape index (κ1) is 13.7. The molecule has 0 aliphatic heterocycles. The molecule has 0 saturated carbocycles. The third kappa shape index (κ3) is 2.80. The molecule has 0 aromatic heterocycles. The van der Waals surface area contributed by atoms with Crippen molar-refractivity contribution in [2.45, 2.75) is 26.7 Å². The molecular weight excluding hydrogens is 240 g/mol. The van der Waals surface area contributed by atoms with Gasteiger partial charge in [0.2, 0.25) is 0 Å². The zero-order valence-electron chi connectivity index (χ0n) is 11.6. The Morgan fingerprint density at radius 2 is 1.95 bits per heavy atom. The monoisotopic (exact) mass is 260 g/mol. The third-order valence-corrected chi connectivity index (χ3v) is 3.95. The predicted molar refractivity (Wildman–Crippen MR) is 75.1 cm³/mol. The van der Waals surface area contributed by atoms with E-state index in [1.807, 2.05) is 38.1 Å². The van der Waals surface area contributed by atoms with Crippen molar-refractivity contribution >= 4 is 11.5 Å². The van der Waals surface area contributed by atoms with E-state index in [4.69, 9.17) is 4.74 Å². The summed E-state index contributed by atoms with van der Waals surface area (Å²) in [5.74, 6) is -0.160. The average molecular weight is 260 g/mol. The average Bonchev–Trinajstić information content (AvgIpc) is 2.37. The van der Waals surface area contributed by atoms with Crippen LogP contribution in [-0.2, 0) is 4.79 Å². The lowest BCUT2D eigenvalue weighted by Crippen LogP contribution is -2.33. The molecule has 102 valence electrons. The molecule has 0 bridgehead atoms. The second-order valence-corrected chi connectivity index (χ2v) is 5.75. The third-order valence-electron chi connectivity index (χ3n) is 3.95. The van der Waals surface area contributed by atoms with E-state index in [9.17, 15) is 9.90 Å². The normalized spacial score (nSPS) is 21.6. The summed E-state index contributed by atoms with van der Waals surface area (Å²) < 4.78 is 5.15. The molecule has 0 unspecified atom stereocenters. The highest BCUT2D eigenvalue weighted by molar-refractivity contribution is 5.75. The van der Waals surface area contributed by atoms with Crippen LogP contribution in [0.4, 0.5) is 0 Å². The quantitative estimate of drug-likeness (QED) is 0.903. The molecule has 1 N–H and O–H groups in total. The maximum Gasteiger partial charge on any atom is 0.307 e. The van der Waals surface area contributed by atoms with Crippen molar-refractivity contribution in [2.75, 3.05) is 7.11 Å². The second kappa shape index (κ2) is 5.08. The SMILES string of the molecule is COc1ccc(C2=CC[C@@H](C(=O)O)C(C)(C)C2)cc1. The van der Waals surface area contributed by atoms with Crippen molar-refractivity contribution in [1.29, 1.82) is 0 Å². The first-order valence-electron chi connectivity index (χ1n) is 6.50. The molecule has 1 aromatic carbocycles. The van der Waals surface area contributed by atoms with Crippen LogP contribution >= 0.6 is 0 Å². The van der Waals surface area contributed by atoms with Gasteiger partial charge in [-0.25, -0.2) is 0 Å². The Balaban J connectivity index is 2.24. The molecule has 2 rings (SSSR count). The van der Waals surface area contributed by atoms with E-state index < -0.39 is 5.97 Å². The van der Waals surface area contributed by atoms with E-state index in [1.165, 1.54) is 5.57 Å². The Morgan fingerprint density at radius 3 is 2.42 bits per heavy atom. The largest absolute Gasteiger partial charge is 0.497 e. The van der Waals surface area contributed by atoms with Crippen LogP contribution in [0.5, 0.6) is 5.75 Å². The van der Waals surface area contributed by atoms with Gasteiger partial charge in [0.05, 0.1) is 13.0 Å². The summed E-state index contributed by atoms with van der Waals surface area (Å²) in [6.45, 7) is 4.06.